The van der Waals surface area contributed by atoms with Crippen LogP contribution < -0.4 is 15.4 Å². The number of aromatic nitrogens is 1. The molecular weight excluding hydrogens is 292 g/mol. The minimum Gasteiger partial charge on any atom is -0.493 e. The van der Waals surface area contributed by atoms with Gasteiger partial charge in [-0.2, -0.15) is 5.26 Å². The van der Waals surface area contributed by atoms with E-state index >= 15 is 0 Å². The number of rotatable bonds is 2. The summed E-state index contributed by atoms with van der Waals surface area (Å²) in [5.41, 5.74) is 1.61. The van der Waals surface area contributed by atoms with Crippen molar-refractivity contribution in [2.45, 2.75) is 12.0 Å². The molecule has 1 aliphatic carbocycles. The number of nitrogens with zero attached hydrogens (tertiary/aromatic N) is 2. The first-order chi connectivity index (χ1) is 11.3. The van der Waals surface area contributed by atoms with Crippen molar-refractivity contribution in [2.75, 3.05) is 11.9 Å². The summed E-state index contributed by atoms with van der Waals surface area (Å²) in [6.45, 7) is 0.627. The Morgan fingerprint density at radius 1 is 1.30 bits per heavy atom. The van der Waals surface area contributed by atoms with Gasteiger partial charge in [0.1, 0.15) is 17.6 Å². The van der Waals surface area contributed by atoms with Gasteiger partial charge in [-0.3, -0.25) is 5.32 Å². The van der Waals surface area contributed by atoms with Gasteiger partial charge in [-0.25, -0.2) is 9.78 Å². The molecule has 2 N–H and O–H groups in total. The van der Waals surface area contributed by atoms with Crippen LogP contribution in [0, 0.1) is 17.2 Å². The smallest absolute Gasteiger partial charge is 0.320 e. The third-order valence-corrected chi connectivity index (χ3v) is 4.31. The highest BCUT2D eigenvalue weighted by Gasteiger charge is 2.55. The third kappa shape index (κ3) is 2.46. The molecule has 0 spiro atoms. The molecule has 3 atom stereocenters. The number of anilines is 1. The Balaban J connectivity index is 1.40. The number of nitrogens with one attached hydrogen (secondary N) is 2. The van der Waals surface area contributed by atoms with Gasteiger partial charge in [0.05, 0.1) is 12.2 Å². The highest BCUT2D eigenvalue weighted by atomic mass is 16.5. The predicted molar refractivity (Wildman–Crippen MR) is 83.1 cm³/mol. The summed E-state index contributed by atoms with van der Waals surface area (Å²) in [5.74, 6) is 1.97. The maximum Gasteiger partial charge on any atom is 0.320 e. The lowest BCUT2D eigenvalue weighted by Gasteiger charge is -2.14. The number of amides is 2. The molecule has 2 amide bonds. The highest BCUT2D eigenvalue weighted by molar-refractivity contribution is 5.88. The van der Waals surface area contributed by atoms with Crippen LogP contribution in [0.5, 0.6) is 5.75 Å². The van der Waals surface area contributed by atoms with Gasteiger partial charge >= 0.3 is 6.03 Å². The van der Waals surface area contributed by atoms with Gasteiger partial charge in [0.2, 0.25) is 0 Å². The third-order valence-electron chi connectivity index (χ3n) is 4.31. The number of ether oxygens (including phenoxy) is 1. The Bertz CT molecular complexity index is 797. The normalized spacial score (nSPS) is 23.5. The Morgan fingerprint density at radius 3 is 2.96 bits per heavy atom. The van der Waals surface area contributed by atoms with Gasteiger partial charge in [0, 0.05) is 24.1 Å². The summed E-state index contributed by atoms with van der Waals surface area (Å²) in [6, 6.07) is 12.9. The molecule has 0 saturated heterocycles. The molecule has 1 fully saturated rings. The minimum absolute atomic E-state index is 0.0806. The van der Waals surface area contributed by atoms with Gasteiger partial charge in [0.25, 0.3) is 0 Å². The van der Waals surface area contributed by atoms with Crippen molar-refractivity contribution in [3.63, 3.8) is 0 Å². The van der Waals surface area contributed by atoms with Gasteiger partial charge < -0.3 is 10.1 Å². The second kappa shape index (κ2) is 5.29. The van der Waals surface area contributed by atoms with Crippen molar-refractivity contribution in [2.24, 2.45) is 5.92 Å². The zero-order valence-electron chi connectivity index (χ0n) is 12.2. The standard InChI is InChI=1S/C17H14N4O2/c18-7-10-5-6-14(19-8-10)20-17(22)21-16-12-9-23-13-4-2-1-3-11(13)15(12)16/h1-6,8,12,15-16H,9H2,(H2,19,20,21,22)/t12-,15+,16?/m0/s1. The molecule has 1 aliphatic heterocycles. The number of para-hydroxylation sites is 1. The number of hydrogen-bond acceptors (Lipinski definition) is 4. The van der Waals surface area contributed by atoms with Crippen molar-refractivity contribution < 1.29 is 9.53 Å². The van der Waals surface area contributed by atoms with Crippen LogP contribution in [0.15, 0.2) is 42.6 Å². The lowest BCUT2D eigenvalue weighted by Crippen LogP contribution is -2.32. The number of benzene rings is 1. The van der Waals surface area contributed by atoms with Gasteiger partial charge in [-0.15, -0.1) is 0 Å². The topological polar surface area (TPSA) is 87.0 Å². The molecule has 4 rings (SSSR count). The number of hydrogen-bond donors (Lipinski definition) is 2. The van der Waals surface area contributed by atoms with Crippen molar-refractivity contribution >= 4 is 11.8 Å². The molecule has 2 aromatic rings. The van der Waals surface area contributed by atoms with Crippen LogP contribution in [0.25, 0.3) is 0 Å². The summed E-state index contributed by atoms with van der Waals surface area (Å²) in [7, 11) is 0. The maximum absolute atomic E-state index is 12.1. The van der Waals surface area contributed by atoms with E-state index in [0.717, 1.165) is 11.3 Å². The van der Waals surface area contributed by atoms with Crippen molar-refractivity contribution in [3.8, 4) is 11.8 Å². The Morgan fingerprint density at radius 2 is 2.17 bits per heavy atom. The SMILES string of the molecule is N#Cc1ccc(NC(=O)NC2[C@H]3COc4ccccc4[C@@H]23)nc1. The van der Waals surface area contributed by atoms with Crippen LogP contribution in [-0.4, -0.2) is 23.7 Å². The second-order valence-corrected chi connectivity index (χ2v) is 5.71. The first-order valence-electron chi connectivity index (χ1n) is 7.41. The molecule has 1 saturated carbocycles. The number of fused-ring (bicyclic) bond motifs is 3. The number of nitriles is 1. The van der Waals surface area contributed by atoms with Gasteiger partial charge in [0.15, 0.2) is 0 Å². The lowest BCUT2D eigenvalue weighted by atomic mass is 10.1. The van der Waals surface area contributed by atoms with E-state index in [1.54, 1.807) is 12.1 Å². The molecule has 6 nitrogen and oxygen atoms in total. The fraction of sp³-hybridized carbons (Fsp3) is 0.235. The molecular formula is C17H14N4O2. The number of carbonyl (C=O) groups excluding carboxylic acids is 1. The van der Waals surface area contributed by atoms with Crippen LogP contribution in [0.2, 0.25) is 0 Å². The molecule has 2 aliphatic rings. The maximum atomic E-state index is 12.1. The number of pyridine rings is 1. The van der Waals surface area contributed by atoms with Crippen LogP contribution in [0.4, 0.5) is 10.6 Å². The summed E-state index contributed by atoms with van der Waals surface area (Å²) in [4.78, 5) is 16.1. The fourth-order valence-corrected chi connectivity index (χ4v) is 3.11. The van der Waals surface area contributed by atoms with E-state index in [1.165, 1.54) is 6.20 Å². The van der Waals surface area contributed by atoms with Crippen LogP contribution >= 0.6 is 0 Å². The Kier molecular flexibility index (Phi) is 3.12. The molecule has 6 heteroatoms. The molecule has 2 heterocycles. The van der Waals surface area contributed by atoms with Crippen LogP contribution in [0.3, 0.4) is 0 Å². The Hall–Kier alpha value is -3.07. The van der Waals surface area contributed by atoms with Gasteiger partial charge in [-0.1, -0.05) is 18.2 Å². The van der Waals surface area contributed by atoms with E-state index in [0.29, 0.717) is 29.8 Å². The molecule has 1 unspecified atom stereocenters. The van der Waals surface area contributed by atoms with Crippen molar-refractivity contribution in [1.82, 2.24) is 10.3 Å². The Labute approximate surface area is 133 Å². The summed E-state index contributed by atoms with van der Waals surface area (Å²) < 4.78 is 5.72. The van der Waals surface area contributed by atoms with E-state index < -0.39 is 0 Å². The molecule has 23 heavy (non-hydrogen) atoms. The lowest BCUT2D eigenvalue weighted by molar-refractivity contribution is 0.249. The first-order valence-corrected chi connectivity index (χ1v) is 7.41. The first kappa shape index (κ1) is 13.6. The second-order valence-electron chi connectivity index (χ2n) is 5.71. The average Bonchev–Trinajstić information content (AvgIpc) is 3.29. The monoisotopic (exact) mass is 306 g/mol. The molecule has 0 radical (unpaired) electrons. The minimum atomic E-state index is -0.293. The summed E-state index contributed by atoms with van der Waals surface area (Å²) in [6.07, 6.45) is 1.43. The van der Waals surface area contributed by atoms with E-state index in [1.807, 2.05) is 30.3 Å². The summed E-state index contributed by atoms with van der Waals surface area (Å²) in [5, 5.41) is 14.4. The molecule has 1 aromatic carbocycles. The van der Waals surface area contributed by atoms with E-state index in [2.05, 4.69) is 15.6 Å². The van der Waals surface area contributed by atoms with Crippen LogP contribution in [-0.2, 0) is 0 Å². The number of carbonyl (C=O) groups is 1. The highest BCUT2D eigenvalue weighted by Crippen LogP contribution is 2.53. The number of urea groups is 1. The van der Waals surface area contributed by atoms with Gasteiger partial charge in [-0.05, 0) is 23.8 Å². The largest absolute Gasteiger partial charge is 0.493 e. The van der Waals surface area contributed by atoms with Crippen molar-refractivity contribution in [3.05, 3.63) is 53.7 Å². The molecule has 1 aromatic heterocycles. The average molecular weight is 306 g/mol. The van der Waals surface area contributed by atoms with Crippen LogP contribution in [0.1, 0.15) is 17.0 Å². The van der Waals surface area contributed by atoms with E-state index in [-0.39, 0.29) is 12.1 Å². The summed E-state index contributed by atoms with van der Waals surface area (Å²) >= 11 is 0. The zero-order valence-corrected chi connectivity index (χ0v) is 12.2. The van der Waals surface area contributed by atoms with Crippen molar-refractivity contribution in [1.29, 1.82) is 5.26 Å². The molecule has 114 valence electrons. The van der Waals surface area contributed by atoms with E-state index in [9.17, 15) is 4.79 Å². The zero-order chi connectivity index (χ0) is 15.8. The van der Waals surface area contributed by atoms with E-state index in [4.69, 9.17) is 10.00 Å². The predicted octanol–water partition coefficient (Wildman–Crippen LogP) is 2.25. The quantitative estimate of drug-likeness (QED) is 0.891. The molecule has 0 bridgehead atoms. The fourth-order valence-electron chi connectivity index (χ4n) is 3.11.